The monoisotopic (exact) mass is 548 g/mol. The SMILES string of the molecule is OB(O)O.OB(O)O.OB(O)O.OB(O)O.[PbH2].[SrH2]. The Bertz CT molecular complexity index is 67.1. The molecule has 12 N–H and O–H groups in total. The predicted molar refractivity (Wildman–Crippen MR) is 66.7 cm³/mol. The van der Waals surface area contributed by atoms with Crippen LogP contribution in [0.25, 0.3) is 0 Å². The molecule has 0 fully saturated rings. The van der Waals surface area contributed by atoms with E-state index in [0.717, 1.165) is 0 Å². The van der Waals surface area contributed by atoms with Crippen molar-refractivity contribution in [3.8, 4) is 0 Å². The fourth-order valence-corrected chi connectivity index (χ4v) is 0. The van der Waals surface area contributed by atoms with Crippen LogP contribution in [0.4, 0.5) is 0 Å². The van der Waals surface area contributed by atoms with Crippen LogP contribution in [0.1, 0.15) is 0 Å². The van der Waals surface area contributed by atoms with Crippen molar-refractivity contribution >= 4 is 102 Å². The summed E-state index contributed by atoms with van der Waals surface area (Å²) in [6, 6.07) is 0. The summed E-state index contributed by atoms with van der Waals surface area (Å²) in [4.78, 5) is 0. The summed E-state index contributed by atoms with van der Waals surface area (Å²) in [5, 5.41) is 86.0. The summed E-state index contributed by atoms with van der Waals surface area (Å²) < 4.78 is 0. The van der Waals surface area contributed by atoms with Gasteiger partial charge in [-0.15, -0.1) is 0 Å². The van der Waals surface area contributed by atoms with Crippen LogP contribution in [0.2, 0.25) is 0 Å². The average molecular weight is 546 g/mol. The zero-order valence-electron chi connectivity index (χ0n) is 8.38. The van der Waals surface area contributed by atoms with Crippen molar-refractivity contribution in [3.05, 3.63) is 0 Å². The standard InChI is InChI=1S/4BH3O3.Pb.Sr.4H/c4*2-1(3)4;;;;;;/h4*2-4H;;;;;;. The maximum atomic E-state index is 7.17. The first-order valence-electron chi connectivity index (χ1n) is 3.10. The van der Waals surface area contributed by atoms with Crippen LogP contribution in [0.5, 0.6) is 0 Å². The molecule has 0 bridgehead atoms. The van der Waals surface area contributed by atoms with Crippen LogP contribution in [0, 0.1) is 0 Å². The summed E-state index contributed by atoms with van der Waals surface area (Å²) in [5.41, 5.74) is 0. The summed E-state index contributed by atoms with van der Waals surface area (Å²) in [7, 11) is -8.67. The summed E-state index contributed by atoms with van der Waals surface area (Å²) in [6.45, 7) is 0. The molecule has 0 aromatic heterocycles. The van der Waals surface area contributed by atoms with Gasteiger partial charge < -0.3 is 60.3 Å². The fraction of sp³-hybridized carbons (Fsp3) is 0. The van der Waals surface area contributed by atoms with Gasteiger partial charge in [-0.05, 0) is 0 Å². The summed E-state index contributed by atoms with van der Waals surface area (Å²) in [5.74, 6) is 0. The van der Waals surface area contributed by atoms with Crippen LogP contribution in [-0.2, 0) is 0 Å². The van der Waals surface area contributed by atoms with Crippen molar-refractivity contribution in [1.29, 1.82) is 0 Å². The molecule has 0 atom stereocenters. The van der Waals surface area contributed by atoms with E-state index in [1.807, 2.05) is 0 Å². The molecule has 0 saturated carbocycles. The Kier molecular flexibility index (Phi) is 64.7. The van der Waals surface area contributed by atoms with E-state index in [4.69, 9.17) is 60.3 Å². The molecule has 0 unspecified atom stereocenters. The Morgan fingerprint density at radius 2 is 0.333 bits per heavy atom. The molecule has 0 aliphatic carbocycles. The van der Waals surface area contributed by atoms with Crippen molar-refractivity contribution in [2.45, 2.75) is 0 Å². The Hall–Kier alpha value is 2.18. The molecule has 0 aromatic carbocycles. The predicted octanol–water partition coefficient (Wildman–Crippen LogP) is -10.0. The van der Waals surface area contributed by atoms with E-state index in [0.29, 0.717) is 0 Å². The minimum absolute atomic E-state index is 0. The van der Waals surface area contributed by atoms with E-state index >= 15 is 0 Å². The van der Waals surface area contributed by atoms with Gasteiger partial charge >= 0.3 is 102 Å². The summed E-state index contributed by atoms with van der Waals surface area (Å²) in [6.07, 6.45) is 0. The van der Waals surface area contributed by atoms with E-state index in [9.17, 15) is 0 Å². The molecule has 18 heavy (non-hydrogen) atoms. The molecule has 0 saturated heterocycles. The zero-order valence-corrected chi connectivity index (χ0v) is 13.9. The van der Waals surface area contributed by atoms with Gasteiger partial charge in [0.1, 0.15) is 0 Å². The van der Waals surface area contributed by atoms with Crippen molar-refractivity contribution in [2.75, 3.05) is 0 Å². The van der Waals surface area contributed by atoms with E-state index in [1.165, 1.54) is 0 Å². The average Bonchev–Trinajstić information content (AvgIpc) is 1.76. The van der Waals surface area contributed by atoms with Crippen LogP contribution in [0.3, 0.4) is 0 Å². The van der Waals surface area contributed by atoms with Crippen LogP contribution in [0.15, 0.2) is 0 Å². The third-order valence-electron chi connectivity index (χ3n) is 0. The van der Waals surface area contributed by atoms with Gasteiger partial charge in [-0.1, -0.05) is 0 Å². The van der Waals surface area contributed by atoms with Gasteiger partial charge in [0.15, 0.2) is 0 Å². The molecule has 0 amide bonds. The first-order valence-corrected chi connectivity index (χ1v) is 3.10. The van der Waals surface area contributed by atoms with Crippen molar-refractivity contribution in [1.82, 2.24) is 0 Å². The topological polar surface area (TPSA) is 243 Å². The van der Waals surface area contributed by atoms with Gasteiger partial charge in [0, 0.05) is 0 Å². The molecule has 0 aliphatic rings. The van der Waals surface area contributed by atoms with E-state index in [1.54, 1.807) is 0 Å². The molecule has 0 aliphatic heterocycles. The van der Waals surface area contributed by atoms with Gasteiger partial charge in [-0.25, -0.2) is 0 Å². The van der Waals surface area contributed by atoms with Crippen LogP contribution < -0.4 is 0 Å². The quantitative estimate of drug-likeness (QED) is 0.127. The third-order valence-corrected chi connectivity index (χ3v) is 0. The zero-order chi connectivity index (χ0) is 14.3. The van der Waals surface area contributed by atoms with Gasteiger partial charge in [0.05, 0.1) is 0 Å². The van der Waals surface area contributed by atoms with E-state index in [2.05, 4.69) is 0 Å². The normalized spacial score (nSPS) is 6.00. The fourth-order valence-electron chi connectivity index (χ4n) is 0. The number of hydrogen-bond donors (Lipinski definition) is 12. The second-order valence-electron chi connectivity index (χ2n) is 1.39. The van der Waals surface area contributed by atoms with Gasteiger partial charge in [-0.2, -0.15) is 0 Å². The molecule has 0 aromatic rings. The van der Waals surface area contributed by atoms with Crippen LogP contribution >= 0.6 is 0 Å². The molecule has 2 radical (unpaired) electrons. The van der Waals surface area contributed by atoms with Crippen molar-refractivity contribution in [2.24, 2.45) is 0 Å². The molecule has 18 heteroatoms. The maximum absolute atomic E-state index is 7.17. The molecular weight excluding hydrogens is 530 g/mol. The Labute approximate surface area is 160 Å². The van der Waals surface area contributed by atoms with Gasteiger partial charge in [0.25, 0.3) is 0 Å². The summed E-state index contributed by atoms with van der Waals surface area (Å²) >= 11 is 0. The molecule has 0 spiro atoms. The third kappa shape index (κ3) is 1130. The van der Waals surface area contributed by atoms with Crippen molar-refractivity contribution < 1.29 is 60.3 Å². The van der Waals surface area contributed by atoms with Gasteiger partial charge in [0.2, 0.25) is 0 Å². The second-order valence-corrected chi connectivity index (χ2v) is 1.39. The Morgan fingerprint density at radius 3 is 0.333 bits per heavy atom. The Morgan fingerprint density at radius 1 is 0.333 bits per heavy atom. The molecule has 0 rings (SSSR count). The minimum atomic E-state index is -2.17. The number of rotatable bonds is 0. The van der Waals surface area contributed by atoms with Crippen molar-refractivity contribution in [3.63, 3.8) is 0 Å². The first kappa shape index (κ1) is 36.9. The van der Waals surface area contributed by atoms with E-state index in [-0.39, 0.29) is 72.8 Å². The van der Waals surface area contributed by atoms with Gasteiger partial charge in [-0.3, -0.25) is 0 Å². The molecule has 0 heterocycles. The molecule has 12 nitrogen and oxygen atoms in total. The molecular formula is H16B4O12PbSr. The van der Waals surface area contributed by atoms with Crippen LogP contribution in [-0.4, -0.2) is 162 Å². The number of hydrogen-bond acceptors (Lipinski definition) is 12. The Balaban J connectivity index is -0.0000000257. The van der Waals surface area contributed by atoms with E-state index < -0.39 is 29.3 Å². The first-order chi connectivity index (χ1) is 6.93. The molecule has 106 valence electrons. The second kappa shape index (κ2) is 31.5.